The molecular weight excluding hydrogens is 251 g/mol. The summed E-state index contributed by atoms with van der Waals surface area (Å²) in [5.41, 5.74) is 6.53. The van der Waals surface area contributed by atoms with E-state index in [2.05, 4.69) is 0 Å². The molecule has 0 aromatic carbocycles. The molecule has 1 unspecified atom stereocenters. The van der Waals surface area contributed by atoms with Crippen molar-refractivity contribution in [3.05, 3.63) is 0 Å². The normalized spacial score (nSPS) is 42.6. The van der Waals surface area contributed by atoms with Crippen LogP contribution in [0.1, 0.15) is 57.8 Å². The quantitative estimate of drug-likeness (QED) is 0.815. The lowest BCUT2D eigenvalue weighted by Gasteiger charge is -2.59. The monoisotopic (exact) mass is 275 g/mol. The average molecular weight is 275 g/mol. The Kier molecular flexibility index (Phi) is 3.35. The second-order valence-electron chi connectivity index (χ2n) is 7.39. The summed E-state index contributed by atoms with van der Waals surface area (Å²) in [6.45, 7) is 0. The second kappa shape index (κ2) is 4.64. The molecule has 0 radical (unpaired) electrons. The summed E-state index contributed by atoms with van der Waals surface area (Å²) in [5, 5.41) is 0. The second-order valence-corrected chi connectivity index (χ2v) is 7.39. The van der Waals surface area contributed by atoms with Gasteiger partial charge in [0.25, 0.3) is 0 Å². The van der Waals surface area contributed by atoms with Crippen LogP contribution < -0.4 is 5.73 Å². The Morgan fingerprint density at radius 3 is 1.89 bits per heavy atom. The predicted octanol–water partition coefficient (Wildman–Crippen LogP) is 4.26. The topological polar surface area (TPSA) is 26.0 Å². The van der Waals surface area contributed by atoms with E-state index in [4.69, 9.17) is 5.73 Å². The van der Waals surface area contributed by atoms with Gasteiger partial charge in [0.05, 0.1) is 0 Å². The molecule has 0 aliphatic heterocycles. The first-order valence-corrected chi connectivity index (χ1v) is 7.69. The summed E-state index contributed by atoms with van der Waals surface area (Å²) in [6, 6.07) is -0.0109. The molecule has 2 N–H and O–H groups in total. The van der Waals surface area contributed by atoms with Gasteiger partial charge in [0, 0.05) is 12.5 Å². The molecule has 4 heteroatoms. The Morgan fingerprint density at radius 2 is 1.47 bits per heavy atom. The molecule has 0 aromatic rings. The Balaban J connectivity index is 1.58. The van der Waals surface area contributed by atoms with Gasteiger partial charge in [-0.05, 0) is 74.5 Å². The third-order valence-electron chi connectivity index (χ3n) is 5.85. The van der Waals surface area contributed by atoms with Crippen LogP contribution in [-0.4, -0.2) is 12.2 Å². The number of nitrogens with two attached hydrogens (primary N) is 1. The first-order chi connectivity index (χ1) is 8.86. The number of hydrogen-bond donors (Lipinski definition) is 1. The molecule has 4 rings (SSSR count). The summed E-state index contributed by atoms with van der Waals surface area (Å²) in [5.74, 6) is 2.46. The van der Waals surface area contributed by atoms with Gasteiger partial charge in [-0.3, -0.25) is 0 Å². The molecular formula is C15H24F3N. The van der Waals surface area contributed by atoms with Crippen LogP contribution in [0.2, 0.25) is 0 Å². The van der Waals surface area contributed by atoms with Crippen molar-refractivity contribution in [3.63, 3.8) is 0 Å². The van der Waals surface area contributed by atoms with E-state index < -0.39 is 12.6 Å². The minimum atomic E-state index is -4.03. The van der Waals surface area contributed by atoms with Gasteiger partial charge in [0.1, 0.15) is 0 Å². The van der Waals surface area contributed by atoms with Crippen molar-refractivity contribution in [3.8, 4) is 0 Å². The summed E-state index contributed by atoms with van der Waals surface area (Å²) < 4.78 is 36.7. The van der Waals surface area contributed by atoms with Crippen molar-refractivity contribution in [1.82, 2.24) is 0 Å². The van der Waals surface area contributed by atoms with Crippen molar-refractivity contribution in [1.29, 1.82) is 0 Å². The number of hydrogen-bond acceptors (Lipinski definition) is 1. The SMILES string of the molecule is NC(CCCC(F)(F)F)C12CC3CC(CC(C3)C1)C2. The molecule has 0 aromatic heterocycles. The van der Waals surface area contributed by atoms with E-state index in [1.54, 1.807) is 0 Å². The number of halogens is 3. The van der Waals surface area contributed by atoms with Crippen molar-refractivity contribution >= 4 is 0 Å². The lowest BCUT2D eigenvalue weighted by Crippen LogP contribution is -2.54. The first-order valence-electron chi connectivity index (χ1n) is 7.69. The molecule has 0 saturated heterocycles. The van der Waals surface area contributed by atoms with Gasteiger partial charge in [-0.15, -0.1) is 0 Å². The Hall–Kier alpha value is -0.250. The highest BCUT2D eigenvalue weighted by Crippen LogP contribution is 2.61. The maximum absolute atomic E-state index is 12.2. The third-order valence-corrected chi connectivity index (χ3v) is 5.85. The van der Waals surface area contributed by atoms with Gasteiger partial charge in [-0.25, -0.2) is 0 Å². The van der Waals surface area contributed by atoms with Crippen LogP contribution in [0.15, 0.2) is 0 Å². The summed E-state index contributed by atoms with van der Waals surface area (Å²) in [6.07, 6.45) is 3.68. The molecule has 4 aliphatic carbocycles. The highest BCUT2D eigenvalue weighted by atomic mass is 19.4. The van der Waals surface area contributed by atoms with Crippen molar-refractivity contribution in [2.45, 2.75) is 70.0 Å². The summed E-state index contributed by atoms with van der Waals surface area (Å²) >= 11 is 0. The van der Waals surface area contributed by atoms with Crippen LogP contribution in [0.25, 0.3) is 0 Å². The summed E-state index contributed by atoms with van der Waals surface area (Å²) in [4.78, 5) is 0. The van der Waals surface area contributed by atoms with Crippen LogP contribution >= 0.6 is 0 Å². The lowest BCUT2D eigenvalue weighted by molar-refractivity contribution is -0.137. The number of rotatable bonds is 4. The largest absolute Gasteiger partial charge is 0.389 e. The minimum Gasteiger partial charge on any atom is -0.327 e. The van der Waals surface area contributed by atoms with Crippen LogP contribution in [-0.2, 0) is 0 Å². The van der Waals surface area contributed by atoms with Crippen molar-refractivity contribution in [2.24, 2.45) is 28.9 Å². The first kappa shape index (κ1) is 13.7. The van der Waals surface area contributed by atoms with E-state index in [1.807, 2.05) is 0 Å². The summed E-state index contributed by atoms with van der Waals surface area (Å²) in [7, 11) is 0. The van der Waals surface area contributed by atoms with Gasteiger partial charge in [0.2, 0.25) is 0 Å². The highest BCUT2D eigenvalue weighted by molar-refractivity contribution is 5.05. The Morgan fingerprint density at radius 1 is 1.00 bits per heavy atom. The highest BCUT2D eigenvalue weighted by Gasteiger charge is 2.53. The van der Waals surface area contributed by atoms with Crippen molar-refractivity contribution in [2.75, 3.05) is 0 Å². The minimum absolute atomic E-state index is 0.0109. The predicted molar refractivity (Wildman–Crippen MR) is 68.5 cm³/mol. The van der Waals surface area contributed by atoms with Crippen molar-refractivity contribution < 1.29 is 13.2 Å². The molecule has 19 heavy (non-hydrogen) atoms. The Bertz CT molecular complexity index is 301. The van der Waals surface area contributed by atoms with Gasteiger partial charge >= 0.3 is 6.18 Å². The Labute approximate surface area is 113 Å². The zero-order valence-corrected chi connectivity index (χ0v) is 11.4. The molecule has 4 aliphatic rings. The molecule has 4 bridgehead atoms. The van der Waals surface area contributed by atoms with E-state index in [1.165, 1.54) is 38.5 Å². The van der Waals surface area contributed by atoms with Gasteiger partial charge in [0.15, 0.2) is 0 Å². The zero-order chi connectivity index (χ0) is 13.7. The standard InChI is InChI=1S/C15H24F3N/c16-15(17,18)3-1-2-13(19)14-7-10-4-11(8-14)6-12(5-10)9-14/h10-13H,1-9,19H2. The zero-order valence-electron chi connectivity index (χ0n) is 11.4. The van der Waals surface area contributed by atoms with E-state index in [9.17, 15) is 13.2 Å². The van der Waals surface area contributed by atoms with Gasteiger partial charge in [-0.2, -0.15) is 13.2 Å². The lowest BCUT2D eigenvalue weighted by atomic mass is 9.47. The fourth-order valence-electron chi connectivity index (χ4n) is 5.46. The average Bonchev–Trinajstić information content (AvgIpc) is 2.25. The molecule has 4 saturated carbocycles. The van der Waals surface area contributed by atoms with Gasteiger partial charge < -0.3 is 5.73 Å². The molecule has 4 fully saturated rings. The maximum Gasteiger partial charge on any atom is 0.389 e. The fraction of sp³-hybridized carbons (Fsp3) is 1.00. The van der Waals surface area contributed by atoms with E-state index in [0.717, 1.165) is 17.8 Å². The van der Waals surface area contributed by atoms with Crippen LogP contribution in [0.5, 0.6) is 0 Å². The molecule has 0 heterocycles. The molecule has 0 spiro atoms. The van der Waals surface area contributed by atoms with Crippen LogP contribution in [0.4, 0.5) is 13.2 Å². The van der Waals surface area contributed by atoms with Crippen LogP contribution in [0, 0.1) is 23.2 Å². The van der Waals surface area contributed by atoms with Crippen LogP contribution in [0.3, 0.4) is 0 Å². The van der Waals surface area contributed by atoms with E-state index in [0.29, 0.717) is 6.42 Å². The number of alkyl halides is 3. The maximum atomic E-state index is 12.2. The van der Waals surface area contributed by atoms with Gasteiger partial charge in [-0.1, -0.05) is 0 Å². The van der Waals surface area contributed by atoms with E-state index in [-0.39, 0.29) is 17.9 Å². The molecule has 110 valence electrons. The third kappa shape index (κ3) is 2.79. The fourth-order valence-corrected chi connectivity index (χ4v) is 5.46. The molecule has 1 nitrogen and oxygen atoms in total. The smallest absolute Gasteiger partial charge is 0.327 e. The molecule has 1 atom stereocenters. The molecule has 0 amide bonds. The van der Waals surface area contributed by atoms with E-state index >= 15 is 0 Å².